The van der Waals surface area contributed by atoms with Crippen LogP contribution in [0.5, 0.6) is 0 Å². The molecule has 2 aromatic rings. The lowest BCUT2D eigenvalue weighted by Crippen LogP contribution is -2.38. The number of carboxylic acid groups (broad SMARTS) is 1. The molecule has 0 radical (unpaired) electrons. The van der Waals surface area contributed by atoms with E-state index < -0.39 is 17.9 Å². The molecule has 98 valence electrons. The van der Waals surface area contributed by atoms with Crippen molar-refractivity contribution in [3.8, 4) is 0 Å². The maximum Gasteiger partial charge on any atom is 0.325 e. The molecule has 1 atom stereocenters. The van der Waals surface area contributed by atoms with Crippen LogP contribution in [0.2, 0.25) is 5.15 Å². The van der Waals surface area contributed by atoms with Crippen LogP contribution in [0.3, 0.4) is 0 Å². The minimum absolute atomic E-state index is 0.0943. The molecule has 2 rings (SSSR count). The number of nitrogens with one attached hydrogen (secondary N) is 1. The summed E-state index contributed by atoms with van der Waals surface area (Å²) >= 11 is 6.00. The summed E-state index contributed by atoms with van der Waals surface area (Å²) in [5, 5.41) is 12.8. The van der Waals surface area contributed by atoms with Crippen molar-refractivity contribution in [2.75, 3.05) is 0 Å². The second-order valence-corrected chi connectivity index (χ2v) is 4.41. The van der Waals surface area contributed by atoms with E-state index >= 15 is 0 Å². The van der Waals surface area contributed by atoms with Crippen molar-refractivity contribution in [2.24, 2.45) is 0 Å². The van der Waals surface area contributed by atoms with Crippen LogP contribution >= 0.6 is 11.6 Å². The maximum atomic E-state index is 11.9. The molecule has 0 saturated heterocycles. The lowest BCUT2D eigenvalue weighted by atomic mass is 10.1. The SMILES string of the molecule is CC(NC(=O)c1cc2ccccc2c(Cl)n1)C(=O)O. The summed E-state index contributed by atoms with van der Waals surface area (Å²) in [6.07, 6.45) is 0. The first kappa shape index (κ1) is 13.3. The molecule has 0 aliphatic heterocycles. The Morgan fingerprint density at radius 1 is 1.37 bits per heavy atom. The van der Waals surface area contributed by atoms with Gasteiger partial charge in [0.25, 0.3) is 5.91 Å². The summed E-state index contributed by atoms with van der Waals surface area (Å²) in [7, 11) is 0. The van der Waals surface area contributed by atoms with Crippen LogP contribution in [0, 0.1) is 0 Å². The summed E-state index contributed by atoms with van der Waals surface area (Å²) in [5.41, 5.74) is 0.0943. The van der Waals surface area contributed by atoms with Gasteiger partial charge in [0, 0.05) is 5.39 Å². The van der Waals surface area contributed by atoms with E-state index in [-0.39, 0.29) is 10.8 Å². The van der Waals surface area contributed by atoms with E-state index in [1.54, 1.807) is 18.2 Å². The van der Waals surface area contributed by atoms with Gasteiger partial charge in [0.1, 0.15) is 16.9 Å². The number of carboxylic acids is 1. The van der Waals surface area contributed by atoms with Crippen LogP contribution in [0.25, 0.3) is 10.8 Å². The Bertz CT molecular complexity index is 657. The van der Waals surface area contributed by atoms with E-state index in [0.29, 0.717) is 0 Å². The Hall–Kier alpha value is -2.14. The lowest BCUT2D eigenvalue weighted by molar-refractivity contribution is -0.138. The third kappa shape index (κ3) is 2.82. The van der Waals surface area contributed by atoms with E-state index in [0.717, 1.165) is 10.8 Å². The van der Waals surface area contributed by atoms with Gasteiger partial charge in [-0.1, -0.05) is 35.9 Å². The first-order valence-electron chi connectivity index (χ1n) is 5.58. The number of amides is 1. The Morgan fingerprint density at radius 2 is 2.05 bits per heavy atom. The van der Waals surface area contributed by atoms with Gasteiger partial charge in [-0.2, -0.15) is 0 Å². The number of rotatable bonds is 3. The minimum atomic E-state index is -1.11. The molecule has 1 aromatic heterocycles. The number of benzene rings is 1. The van der Waals surface area contributed by atoms with Crippen molar-refractivity contribution < 1.29 is 14.7 Å². The number of aliphatic carboxylic acids is 1. The Kier molecular flexibility index (Phi) is 3.66. The van der Waals surface area contributed by atoms with E-state index in [1.807, 2.05) is 12.1 Å². The second kappa shape index (κ2) is 5.24. The lowest BCUT2D eigenvalue weighted by Gasteiger charge is -2.09. The van der Waals surface area contributed by atoms with Gasteiger partial charge in [0.15, 0.2) is 0 Å². The first-order chi connectivity index (χ1) is 8.99. The zero-order valence-electron chi connectivity index (χ0n) is 10.1. The number of carbonyl (C=O) groups excluding carboxylic acids is 1. The van der Waals surface area contributed by atoms with Gasteiger partial charge in [0.2, 0.25) is 0 Å². The third-order valence-corrected chi connectivity index (χ3v) is 2.93. The van der Waals surface area contributed by atoms with Gasteiger partial charge in [-0.15, -0.1) is 0 Å². The molecule has 0 aliphatic carbocycles. The van der Waals surface area contributed by atoms with E-state index in [4.69, 9.17) is 16.7 Å². The molecule has 1 heterocycles. The van der Waals surface area contributed by atoms with Gasteiger partial charge in [-0.25, -0.2) is 4.98 Å². The Balaban J connectivity index is 2.35. The number of hydrogen-bond acceptors (Lipinski definition) is 3. The fourth-order valence-electron chi connectivity index (χ4n) is 1.60. The molecule has 0 fully saturated rings. The molecule has 6 heteroatoms. The third-order valence-electron chi connectivity index (χ3n) is 2.64. The Morgan fingerprint density at radius 3 is 2.74 bits per heavy atom. The summed E-state index contributed by atoms with van der Waals surface area (Å²) in [5.74, 6) is -1.68. The fourth-order valence-corrected chi connectivity index (χ4v) is 1.87. The highest BCUT2D eigenvalue weighted by Crippen LogP contribution is 2.22. The van der Waals surface area contributed by atoms with Crippen molar-refractivity contribution in [3.05, 3.63) is 41.2 Å². The summed E-state index contributed by atoms with van der Waals surface area (Å²) in [6, 6.07) is 7.83. The monoisotopic (exact) mass is 278 g/mol. The van der Waals surface area contributed by atoms with Gasteiger partial charge >= 0.3 is 5.97 Å². The molecular formula is C13H11ClN2O3. The fraction of sp³-hybridized carbons (Fsp3) is 0.154. The number of carbonyl (C=O) groups is 2. The van der Waals surface area contributed by atoms with Crippen LogP contribution in [-0.2, 0) is 4.79 Å². The molecule has 1 amide bonds. The normalized spacial score (nSPS) is 12.1. The molecule has 19 heavy (non-hydrogen) atoms. The zero-order chi connectivity index (χ0) is 14.0. The van der Waals surface area contributed by atoms with Crippen molar-refractivity contribution in [1.82, 2.24) is 10.3 Å². The first-order valence-corrected chi connectivity index (χ1v) is 5.96. The van der Waals surface area contributed by atoms with Crippen LogP contribution in [0.15, 0.2) is 30.3 Å². The van der Waals surface area contributed by atoms with Crippen molar-refractivity contribution in [1.29, 1.82) is 0 Å². The van der Waals surface area contributed by atoms with Gasteiger partial charge < -0.3 is 10.4 Å². The summed E-state index contributed by atoms with van der Waals surface area (Å²) in [4.78, 5) is 26.5. The largest absolute Gasteiger partial charge is 0.480 e. The highest BCUT2D eigenvalue weighted by atomic mass is 35.5. The molecule has 0 spiro atoms. The smallest absolute Gasteiger partial charge is 0.325 e. The average Bonchev–Trinajstić information content (AvgIpc) is 2.38. The van der Waals surface area contributed by atoms with Crippen LogP contribution in [-0.4, -0.2) is 28.0 Å². The van der Waals surface area contributed by atoms with Crippen molar-refractivity contribution in [3.63, 3.8) is 0 Å². The highest BCUT2D eigenvalue weighted by Gasteiger charge is 2.17. The minimum Gasteiger partial charge on any atom is -0.480 e. The second-order valence-electron chi connectivity index (χ2n) is 4.05. The zero-order valence-corrected chi connectivity index (χ0v) is 10.8. The topological polar surface area (TPSA) is 79.3 Å². The average molecular weight is 279 g/mol. The molecule has 2 N–H and O–H groups in total. The standard InChI is InChI=1S/C13H11ClN2O3/c1-7(13(18)19)15-12(17)10-6-8-4-2-3-5-9(8)11(14)16-10/h2-7H,1H3,(H,15,17)(H,18,19). The predicted molar refractivity (Wildman–Crippen MR) is 71.3 cm³/mol. The Labute approximate surface area is 114 Å². The van der Waals surface area contributed by atoms with Crippen molar-refractivity contribution in [2.45, 2.75) is 13.0 Å². The molecule has 0 saturated carbocycles. The number of halogens is 1. The van der Waals surface area contributed by atoms with E-state index in [9.17, 15) is 9.59 Å². The number of aromatic nitrogens is 1. The summed E-state index contributed by atoms with van der Waals surface area (Å²) in [6.45, 7) is 1.38. The van der Waals surface area contributed by atoms with Gasteiger partial charge in [-0.3, -0.25) is 9.59 Å². The van der Waals surface area contributed by atoms with Crippen molar-refractivity contribution >= 4 is 34.2 Å². The molecule has 0 bridgehead atoms. The molecule has 5 nitrogen and oxygen atoms in total. The van der Waals surface area contributed by atoms with Crippen LogP contribution in [0.1, 0.15) is 17.4 Å². The van der Waals surface area contributed by atoms with E-state index in [2.05, 4.69) is 10.3 Å². The van der Waals surface area contributed by atoms with E-state index in [1.165, 1.54) is 6.92 Å². The molecule has 0 aliphatic rings. The molecule has 1 unspecified atom stereocenters. The number of hydrogen-bond donors (Lipinski definition) is 2. The number of fused-ring (bicyclic) bond motifs is 1. The highest BCUT2D eigenvalue weighted by molar-refractivity contribution is 6.34. The summed E-state index contributed by atoms with van der Waals surface area (Å²) < 4.78 is 0. The van der Waals surface area contributed by atoms with Gasteiger partial charge in [0.05, 0.1) is 0 Å². The van der Waals surface area contributed by atoms with Crippen LogP contribution < -0.4 is 5.32 Å². The quantitative estimate of drug-likeness (QED) is 0.843. The molecular weight excluding hydrogens is 268 g/mol. The number of nitrogens with zero attached hydrogens (tertiary/aromatic N) is 1. The van der Waals surface area contributed by atoms with Gasteiger partial charge in [-0.05, 0) is 18.4 Å². The van der Waals surface area contributed by atoms with Crippen LogP contribution in [0.4, 0.5) is 0 Å². The maximum absolute atomic E-state index is 11.9. The predicted octanol–water partition coefficient (Wildman–Crippen LogP) is 2.09. The molecule has 1 aromatic carbocycles. The number of pyridine rings is 1.